The zero-order chi connectivity index (χ0) is 21.0. The smallest absolute Gasteiger partial charge is 0.353 e. The number of rotatable bonds is 6. The van der Waals surface area contributed by atoms with Crippen molar-refractivity contribution < 1.29 is 14.5 Å². The number of carbonyl (C=O) groups is 1. The number of hydrogen-bond donors (Lipinski definition) is 1. The number of anilines is 3. The first-order valence-electron chi connectivity index (χ1n) is 9.66. The molecule has 0 saturated carbocycles. The fraction of sp³-hybridized carbons (Fsp3) is 0.450. The molecule has 0 atom stereocenters. The molecule has 1 N–H and O–H groups in total. The van der Waals surface area contributed by atoms with Gasteiger partial charge in [-0.3, -0.25) is 14.9 Å². The molecular weight excluding hydrogens is 374 g/mol. The minimum Gasteiger partial charge on any atom is -0.466 e. The molecular formula is C20H25N5O4. The van der Waals surface area contributed by atoms with Gasteiger partial charge in [0.05, 0.1) is 17.4 Å². The van der Waals surface area contributed by atoms with Gasteiger partial charge in [0, 0.05) is 18.8 Å². The number of nitrogens with one attached hydrogen (secondary N) is 1. The van der Waals surface area contributed by atoms with Crippen LogP contribution in [-0.2, 0) is 9.53 Å². The number of nitro groups is 1. The van der Waals surface area contributed by atoms with Gasteiger partial charge in [0.25, 0.3) is 0 Å². The number of nitrogens with zero attached hydrogens (tertiary/aromatic N) is 4. The molecule has 3 rings (SSSR count). The normalized spacial score (nSPS) is 14.5. The highest BCUT2D eigenvalue weighted by Crippen LogP contribution is 2.36. The van der Waals surface area contributed by atoms with E-state index in [1.807, 2.05) is 36.9 Å². The largest absolute Gasteiger partial charge is 0.466 e. The van der Waals surface area contributed by atoms with E-state index in [1.54, 1.807) is 6.92 Å². The summed E-state index contributed by atoms with van der Waals surface area (Å²) in [4.78, 5) is 33.5. The van der Waals surface area contributed by atoms with E-state index in [2.05, 4.69) is 15.3 Å². The Hall–Kier alpha value is -3.23. The summed E-state index contributed by atoms with van der Waals surface area (Å²) in [7, 11) is 0. The number of ether oxygens (including phenoxy) is 1. The molecule has 1 aromatic carbocycles. The lowest BCUT2D eigenvalue weighted by molar-refractivity contribution is -0.383. The molecule has 2 aromatic rings. The van der Waals surface area contributed by atoms with E-state index in [0.29, 0.717) is 32.5 Å². The van der Waals surface area contributed by atoms with Gasteiger partial charge in [0.2, 0.25) is 11.6 Å². The number of aryl methyl sites for hydroxylation is 2. The van der Waals surface area contributed by atoms with E-state index in [-0.39, 0.29) is 29.2 Å². The van der Waals surface area contributed by atoms with Gasteiger partial charge in [0.1, 0.15) is 6.33 Å². The quantitative estimate of drug-likeness (QED) is 0.446. The molecule has 29 heavy (non-hydrogen) atoms. The molecule has 0 spiro atoms. The van der Waals surface area contributed by atoms with Crippen LogP contribution in [0.4, 0.5) is 23.0 Å². The van der Waals surface area contributed by atoms with Crippen molar-refractivity contribution in [2.75, 3.05) is 29.9 Å². The lowest BCUT2D eigenvalue weighted by Gasteiger charge is -2.31. The Bertz CT molecular complexity index is 910. The maximum atomic E-state index is 11.9. The highest BCUT2D eigenvalue weighted by molar-refractivity contribution is 5.76. The first-order chi connectivity index (χ1) is 13.9. The molecule has 9 heteroatoms. The number of carbonyl (C=O) groups excluding carboxylic acids is 1. The third-order valence-electron chi connectivity index (χ3n) is 5.03. The Kier molecular flexibility index (Phi) is 6.26. The highest BCUT2D eigenvalue weighted by Gasteiger charge is 2.32. The van der Waals surface area contributed by atoms with Crippen LogP contribution in [0.1, 0.15) is 30.9 Å². The lowest BCUT2D eigenvalue weighted by atomic mass is 9.97. The summed E-state index contributed by atoms with van der Waals surface area (Å²) in [5.41, 5.74) is 2.66. The predicted molar refractivity (Wildman–Crippen MR) is 109 cm³/mol. The lowest BCUT2D eigenvalue weighted by Crippen LogP contribution is -2.37. The SMILES string of the molecule is CCOC(=O)C1CCN(c2ncnc(Nc3ccc(C)cc3C)c2[N+](=O)[O-])CC1. The second-order valence-corrected chi connectivity index (χ2v) is 7.11. The van der Waals surface area contributed by atoms with Crippen molar-refractivity contribution in [2.45, 2.75) is 33.6 Å². The number of esters is 1. The van der Waals surface area contributed by atoms with Crippen molar-refractivity contribution in [1.29, 1.82) is 0 Å². The van der Waals surface area contributed by atoms with Crippen molar-refractivity contribution in [3.63, 3.8) is 0 Å². The third kappa shape index (κ3) is 4.61. The van der Waals surface area contributed by atoms with E-state index in [1.165, 1.54) is 6.33 Å². The number of piperidine rings is 1. The van der Waals surface area contributed by atoms with Gasteiger partial charge in [0.15, 0.2) is 0 Å². The van der Waals surface area contributed by atoms with E-state index >= 15 is 0 Å². The Morgan fingerprint density at radius 3 is 2.66 bits per heavy atom. The van der Waals surface area contributed by atoms with Gasteiger partial charge in [-0.25, -0.2) is 9.97 Å². The van der Waals surface area contributed by atoms with Gasteiger partial charge in [-0.2, -0.15) is 0 Å². The zero-order valence-electron chi connectivity index (χ0n) is 16.8. The Morgan fingerprint density at radius 1 is 1.31 bits per heavy atom. The monoisotopic (exact) mass is 399 g/mol. The number of benzene rings is 1. The average Bonchev–Trinajstić information content (AvgIpc) is 2.70. The Morgan fingerprint density at radius 2 is 2.03 bits per heavy atom. The summed E-state index contributed by atoms with van der Waals surface area (Å²) < 4.78 is 5.09. The molecule has 0 unspecified atom stereocenters. The molecule has 154 valence electrons. The molecule has 1 aromatic heterocycles. The summed E-state index contributed by atoms with van der Waals surface area (Å²) in [5, 5.41) is 14.9. The summed E-state index contributed by atoms with van der Waals surface area (Å²) in [6, 6.07) is 5.81. The van der Waals surface area contributed by atoms with Crippen LogP contribution in [0.15, 0.2) is 24.5 Å². The van der Waals surface area contributed by atoms with Crippen LogP contribution in [0, 0.1) is 29.9 Å². The maximum absolute atomic E-state index is 11.9. The van der Waals surface area contributed by atoms with Gasteiger partial charge < -0.3 is 15.0 Å². The van der Waals surface area contributed by atoms with Gasteiger partial charge >= 0.3 is 11.7 Å². The summed E-state index contributed by atoms with van der Waals surface area (Å²) in [6.45, 7) is 7.03. The Balaban J connectivity index is 1.84. The molecule has 1 saturated heterocycles. The fourth-order valence-corrected chi connectivity index (χ4v) is 3.53. The van der Waals surface area contributed by atoms with Crippen molar-refractivity contribution >= 4 is 29.0 Å². The summed E-state index contributed by atoms with van der Waals surface area (Å²) in [5.74, 6) is 0.0282. The van der Waals surface area contributed by atoms with Gasteiger partial charge in [-0.1, -0.05) is 17.7 Å². The molecule has 0 bridgehead atoms. The molecule has 1 fully saturated rings. The van der Waals surface area contributed by atoms with Crippen molar-refractivity contribution in [2.24, 2.45) is 5.92 Å². The average molecular weight is 399 g/mol. The van der Waals surface area contributed by atoms with E-state index in [4.69, 9.17) is 4.74 Å². The van der Waals surface area contributed by atoms with Crippen LogP contribution in [-0.4, -0.2) is 40.6 Å². The third-order valence-corrected chi connectivity index (χ3v) is 5.03. The molecule has 9 nitrogen and oxygen atoms in total. The summed E-state index contributed by atoms with van der Waals surface area (Å²) >= 11 is 0. The van der Waals surface area contributed by atoms with Crippen molar-refractivity contribution in [1.82, 2.24) is 9.97 Å². The second kappa shape index (κ2) is 8.85. The topological polar surface area (TPSA) is 110 Å². The van der Waals surface area contributed by atoms with Crippen LogP contribution >= 0.6 is 0 Å². The van der Waals surface area contributed by atoms with Crippen LogP contribution in [0.5, 0.6) is 0 Å². The molecule has 0 radical (unpaired) electrons. The Labute approximate surface area is 169 Å². The zero-order valence-corrected chi connectivity index (χ0v) is 16.8. The van der Waals surface area contributed by atoms with Crippen LogP contribution < -0.4 is 10.2 Å². The molecule has 0 aliphatic carbocycles. The van der Waals surface area contributed by atoms with Crippen molar-refractivity contribution in [3.05, 3.63) is 45.8 Å². The minimum absolute atomic E-state index is 0.152. The number of hydrogen-bond acceptors (Lipinski definition) is 8. The van der Waals surface area contributed by atoms with E-state index in [0.717, 1.165) is 16.8 Å². The highest BCUT2D eigenvalue weighted by atomic mass is 16.6. The standard InChI is InChI=1S/C20H25N5O4/c1-4-29-20(26)15-7-9-24(10-8-15)19-17(25(27)28)18(21-12-22-19)23-16-6-5-13(2)11-14(16)3/h5-6,11-12,15H,4,7-10H2,1-3H3,(H,21,22,23). The van der Waals surface area contributed by atoms with E-state index in [9.17, 15) is 14.9 Å². The predicted octanol–water partition coefficient (Wildman–Crippen LogP) is 3.52. The van der Waals surface area contributed by atoms with Crippen LogP contribution in [0.2, 0.25) is 0 Å². The van der Waals surface area contributed by atoms with Gasteiger partial charge in [-0.15, -0.1) is 0 Å². The first kappa shape index (κ1) is 20.5. The molecule has 1 aliphatic heterocycles. The van der Waals surface area contributed by atoms with Crippen LogP contribution in [0.25, 0.3) is 0 Å². The number of aromatic nitrogens is 2. The minimum atomic E-state index is -0.460. The summed E-state index contributed by atoms with van der Waals surface area (Å²) in [6.07, 6.45) is 2.46. The van der Waals surface area contributed by atoms with Gasteiger partial charge in [-0.05, 0) is 45.2 Å². The fourth-order valence-electron chi connectivity index (χ4n) is 3.53. The molecule has 1 aliphatic rings. The second-order valence-electron chi connectivity index (χ2n) is 7.11. The molecule has 0 amide bonds. The first-order valence-corrected chi connectivity index (χ1v) is 9.66. The maximum Gasteiger partial charge on any atom is 0.353 e. The van der Waals surface area contributed by atoms with Crippen molar-refractivity contribution in [3.8, 4) is 0 Å². The van der Waals surface area contributed by atoms with Crippen LogP contribution in [0.3, 0.4) is 0 Å². The molecule has 2 heterocycles. The van der Waals surface area contributed by atoms with E-state index < -0.39 is 4.92 Å².